The van der Waals surface area contributed by atoms with Crippen molar-refractivity contribution in [3.8, 4) is 16.9 Å². The Balaban J connectivity index is 1.82. The first-order chi connectivity index (χ1) is 21.1. The average molecular weight is 619 g/mol. The predicted octanol–water partition coefficient (Wildman–Crippen LogP) is 6.03. The Bertz CT molecular complexity index is 1810. The van der Waals surface area contributed by atoms with Gasteiger partial charge in [-0.25, -0.2) is 23.1 Å². The average Bonchev–Trinajstić information content (AvgIpc) is 2.99. The Labute approximate surface area is 259 Å². The Morgan fingerprint density at radius 3 is 2.64 bits per heavy atom. The van der Waals surface area contributed by atoms with Crippen LogP contribution in [0.25, 0.3) is 28.0 Å². The highest BCUT2D eigenvalue weighted by atomic mass is 32.2. The minimum absolute atomic E-state index is 0.0498. The summed E-state index contributed by atoms with van der Waals surface area (Å²) in [5.74, 6) is -0.00492. The van der Waals surface area contributed by atoms with Gasteiger partial charge >= 0.3 is 5.69 Å². The molecule has 1 aliphatic rings. The van der Waals surface area contributed by atoms with Crippen LogP contribution in [0.4, 0.5) is 14.6 Å². The van der Waals surface area contributed by atoms with E-state index >= 15 is 8.78 Å². The highest BCUT2D eigenvalue weighted by Gasteiger charge is 2.31. The molecule has 1 amide bonds. The second-order valence-corrected chi connectivity index (χ2v) is 12.5. The number of carbonyl (C=O) groups excluding carboxylic acids is 1. The van der Waals surface area contributed by atoms with E-state index in [9.17, 15) is 9.59 Å². The zero-order valence-electron chi connectivity index (χ0n) is 25.6. The molecule has 1 saturated heterocycles. The van der Waals surface area contributed by atoms with Crippen molar-refractivity contribution < 1.29 is 13.6 Å². The summed E-state index contributed by atoms with van der Waals surface area (Å²) < 4.78 is 33.1. The topological polar surface area (TPSA) is 84.2 Å². The maximum atomic E-state index is 16.2. The van der Waals surface area contributed by atoms with Gasteiger partial charge in [0, 0.05) is 43.2 Å². The van der Waals surface area contributed by atoms with Gasteiger partial charge in [0.05, 0.1) is 16.8 Å². The number of piperazine rings is 1. The molecule has 8 nitrogen and oxygen atoms in total. The molecule has 0 spiro atoms. The van der Waals surface area contributed by atoms with Gasteiger partial charge in [-0.1, -0.05) is 39.5 Å². The number of carbonyl (C=O) groups is 1. The number of rotatable bonds is 8. The number of amides is 1. The molecule has 4 heterocycles. The van der Waals surface area contributed by atoms with Gasteiger partial charge in [0.1, 0.15) is 23.1 Å². The van der Waals surface area contributed by atoms with Crippen molar-refractivity contribution in [2.75, 3.05) is 30.3 Å². The summed E-state index contributed by atoms with van der Waals surface area (Å²) >= 11 is 1.59. The zero-order valence-corrected chi connectivity index (χ0v) is 26.4. The molecule has 3 aromatic heterocycles. The van der Waals surface area contributed by atoms with Crippen molar-refractivity contribution in [1.82, 2.24) is 24.4 Å². The minimum atomic E-state index is -0.723. The van der Waals surface area contributed by atoms with E-state index in [1.54, 1.807) is 41.1 Å². The predicted molar refractivity (Wildman–Crippen MR) is 173 cm³/mol. The third-order valence-corrected chi connectivity index (χ3v) is 8.83. The molecule has 5 rings (SSSR count). The van der Waals surface area contributed by atoms with Crippen molar-refractivity contribution in [1.29, 1.82) is 0 Å². The molecule has 1 aliphatic heterocycles. The quantitative estimate of drug-likeness (QED) is 0.223. The summed E-state index contributed by atoms with van der Waals surface area (Å²) in [6, 6.07) is 7.52. The molecule has 0 bridgehead atoms. The molecule has 4 aromatic rings. The third-order valence-electron chi connectivity index (χ3n) is 7.91. The van der Waals surface area contributed by atoms with E-state index in [0.29, 0.717) is 47.7 Å². The number of anilines is 1. The fourth-order valence-corrected chi connectivity index (χ4v) is 6.42. The summed E-state index contributed by atoms with van der Waals surface area (Å²) in [6.07, 6.45) is 2.96. The maximum absolute atomic E-state index is 16.2. The van der Waals surface area contributed by atoms with Gasteiger partial charge in [0.25, 0.3) is 0 Å². The largest absolute Gasteiger partial charge is 0.355 e. The van der Waals surface area contributed by atoms with E-state index < -0.39 is 17.3 Å². The first-order valence-corrected chi connectivity index (χ1v) is 15.8. The molecule has 0 unspecified atom stereocenters. The highest BCUT2D eigenvalue weighted by Crippen LogP contribution is 2.36. The van der Waals surface area contributed by atoms with E-state index in [2.05, 4.69) is 16.5 Å². The van der Waals surface area contributed by atoms with Crippen molar-refractivity contribution >= 4 is 34.5 Å². The highest BCUT2D eigenvalue weighted by molar-refractivity contribution is 7.98. The van der Waals surface area contributed by atoms with Gasteiger partial charge in [0.15, 0.2) is 5.65 Å². The van der Waals surface area contributed by atoms with Gasteiger partial charge in [-0.2, -0.15) is 16.7 Å². The van der Waals surface area contributed by atoms with E-state index in [1.165, 1.54) is 22.8 Å². The Kier molecular flexibility index (Phi) is 9.15. The molecule has 11 heteroatoms. The first kappa shape index (κ1) is 31.3. The number of benzene rings is 1. The number of aromatic nitrogens is 4. The number of fused-ring (bicyclic) bond motifs is 1. The van der Waals surface area contributed by atoms with E-state index in [1.807, 2.05) is 39.5 Å². The number of thioether (sulfide) groups is 1. The normalized spacial score (nSPS) is 15.3. The summed E-state index contributed by atoms with van der Waals surface area (Å²) in [5.41, 5.74) is 2.01. The fraction of sp³-hybridized carbons (Fsp3) is 0.364. The second-order valence-electron chi connectivity index (χ2n) is 11.2. The number of aryl methyl sites for hydroxylation is 1. The van der Waals surface area contributed by atoms with Crippen molar-refractivity contribution in [2.24, 2.45) is 0 Å². The van der Waals surface area contributed by atoms with Gasteiger partial charge < -0.3 is 9.80 Å². The molecular formula is C33H36F2N6O2S. The Hall–Kier alpha value is -4.12. The van der Waals surface area contributed by atoms with Crippen LogP contribution in [0.1, 0.15) is 50.4 Å². The monoisotopic (exact) mass is 618 g/mol. The number of nitrogens with zero attached hydrogens (tertiary/aromatic N) is 6. The summed E-state index contributed by atoms with van der Waals surface area (Å²) in [6.45, 7) is 14.4. The smallest absolute Gasteiger partial charge is 0.350 e. The fourth-order valence-electron chi connectivity index (χ4n) is 5.75. The number of hydrogen-bond donors (Lipinski definition) is 0. The number of hydrogen-bond acceptors (Lipinski definition) is 7. The van der Waals surface area contributed by atoms with E-state index in [-0.39, 0.29) is 40.6 Å². The lowest BCUT2D eigenvalue weighted by Gasteiger charge is -2.40. The molecule has 44 heavy (non-hydrogen) atoms. The van der Waals surface area contributed by atoms with Crippen LogP contribution in [0, 0.1) is 18.6 Å². The molecule has 0 N–H and O–H groups in total. The third kappa shape index (κ3) is 5.72. The van der Waals surface area contributed by atoms with Crippen molar-refractivity contribution in [3.63, 3.8) is 0 Å². The van der Waals surface area contributed by atoms with Gasteiger partial charge in [-0.3, -0.25) is 9.78 Å². The van der Waals surface area contributed by atoms with Crippen LogP contribution >= 0.6 is 11.8 Å². The molecular weight excluding hydrogens is 582 g/mol. The zero-order chi connectivity index (χ0) is 31.7. The number of halogens is 2. The maximum Gasteiger partial charge on any atom is 0.355 e. The Morgan fingerprint density at radius 1 is 1.18 bits per heavy atom. The van der Waals surface area contributed by atoms with Crippen LogP contribution in [0.15, 0.2) is 54.0 Å². The van der Waals surface area contributed by atoms with Gasteiger partial charge in [0.2, 0.25) is 5.91 Å². The Morgan fingerprint density at radius 2 is 1.95 bits per heavy atom. The van der Waals surface area contributed by atoms with Crippen molar-refractivity contribution in [2.45, 2.75) is 52.3 Å². The molecule has 0 saturated carbocycles. The summed E-state index contributed by atoms with van der Waals surface area (Å²) in [7, 11) is 0. The molecule has 1 aromatic carbocycles. The standard InChI is InChI=1S/C33H36F2N6O2S/c1-7-26(42)39-14-15-40(21(6)17-39)31-23-16-25(35)29(27-22(18-44-8-2)10-9-11-24(27)34)37-32(23)41(33(43)38-31)30-20(5)12-13-36-28(30)19(3)4/h7,9-13,16,19,21H,1,8,14-15,17-18H2,2-6H3/t21-/m0/s1. The minimum Gasteiger partial charge on any atom is -0.350 e. The molecule has 1 atom stereocenters. The lowest BCUT2D eigenvalue weighted by atomic mass is 10.0. The van der Waals surface area contributed by atoms with Crippen LogP contribution in [-0.4, -0.2) is 61.8 Å². The lowest BCUT2D eigenvalue weighted by Crippen LogP contribution is -2.54. The van der Waals surface area contributed by atoms with Crippen LogP contribution in [0.5, 0.6) is 0 Å². The van der Waals surface area contributed by atoms with Crippen LogP contribution < -0.4 is 10.6 Å². The first-order valence-electron chi connectivity index (χ1n) is 14.7. The summed E-state index contributed by atoms with van der Waals surface area (Å²) in [4.78, 5) is 43.8. The van der Waals surface area contributed by atoms with Gasteiger partial charge in [-0.05, 0) is 60.9 Å². The van der Waals surface area contributed by atoms with Crippen molar-refractivity contribution in [3.05, 3.63) is 88.1 Å². The lowest BCUT2D eigenvalue weighted by molar-refractivity contribution is -0.126. The summed E-state index contributed by atoms with van der Waals surface area (Å²) in [5, 5.41) is 0.306. The second kappa shape index (κ2) is 12.9. The van der Waals surface area contributed by atoms with Crippen LogP contribution in [-0.2, 0) is 10.5 Å². The van der Waals surface area contributed by atoms with Crippen LogP contribution in [0.3, 0.4) is 0 Å². The molecule has 0 radical (unpaired) electrons. The van der Waals surface area contributed by atoms with Gasteiger partial charge in [-0.15, -0.1) is 0 Å². The van der Waals surface area contributed by atoms with Crippen LogP contribution in [0.2, 0.25) is 0 Å². The van der Waals surface area contributed by atoms with E-state index in [4.69, 9.17) is 4.98 Å². The van der Waals surface area contributed by atoms with E-state index in [0.717, 1.165) is 11.3 Å². The molecule has 0 aliphatic carbocycles. The SMILES string of the molecule is C=CC(=O)N1CCN(c2nc(=O)n(-c3c(C)ccnc3C(C)C)c3nc(-c4c(F)cccc4CSCC)c(F)cc23)[C@@H](C)C1. The molecule has 1 fully saturated rings. The molecule has 230 valence electrons. The number of pyridine rings is 2.